The smallest absolute Gasteiger partial charge is 0.226 e. The van der Waals surface area contributed by atoms with Crippen LogP contribution in [-0.2, 0) is 35.9 Å². The van der Waals surface area contributed by atoms with E-state index in [1.807, 2.05) is 25.1 Å². The Hall–Kier alpha value is -4.82. The lowest BCUT2D eigenvalue weighted by molar-refractivity contribution is -0.119. The summed E-state index contributed by atoms with van der Waals surface area (Å²) >= 11 is 0. The predicted molar refractivity (Wildman–Crippen MR) is 171 cm³/mol. The third-order valence-electron chi connectivity index (χ3n) is 7.93. The molecule has 0 saturated heterocycles. The maximum atomic E-state index is 11.2. The van der Waals surface area contributed by atoms with Crippen LogP contribution in [0.4, 0.5) is 0 Å². The lowest BCUT2D eigenvalue weighted by Gasteiger charge is -2.29. The zero-order valence-corrected chi connectivity index (χ0v) is 27.5. The van der Waals surface area contributed by atoms with Crippen LogP contribution in [0.3, 0.4) is 0 Å². The van der Waals surface area contributed by atoms with E-state index in [4.69, 9.17) is 28.4 Å². The molecule has 2 aliphatic heterocycles. The molecule has 47 heavy (non-hydrogen) atoms. The molecule has 14 heteroatoms. The second-order valence-electron chi connectivity index (χ2n) is 11.3. The molecule has 2 N–H and O–H groups in total. The summed E-state index contributed by atoms with van der Waals surface area (Å²) in [5, 5.41) is 5.60. The van der Waals surface area contributed by atoms with Crippen LogP contribution >= 0.6 is 0 Å². The highest BCUT2D eigenvalue weighted by Gasteiger charge is 2.25. The summed E-state index contributed by atoms with van der Waals surface area (Å²) in [6.07, 6.45) is 0. The van der Waals surface area contributed by atoms with Crippen molar-refractivity contribution in [3.8, 4) is 35.0 Å². The summed E-state index contributed by atoms with van der Waals surface area (Å²) < 4.78 is 35.3. The summed E-state index contributed by atoms with van der Waals surface area (Å²) in [6.45, 7) is 9.81. The van der Waals surface area contributed by atoms with Crippen molar-refractivity contribution in [2.24, 2.45) is 0 Å². The number of hydrogen-bond acceptors (Lipinski definition) is 12. The number of amides is 2. The number of rotatable bonds is 14. The molecule has 5 rings (SSSR count). The van der Waals surface area contributed by atoms with Gasteiger partial charge in [0.25, 0.3) is 0 Å². The van der Waals surface area contributed by atoms with E-state index in [0.29, 0.717) is 87.7 Å². The number of hydrogen-bond donors (Lipinski definition) is 2. The maximum Gasteiger partial charge on any atom is 0.226 e. The number of carbonyl (C=O) groups is 2. The Labute approximate surface area is 274 Å². The van der Waals surface area contributed by atoms with Gasteiger partial charge in [-0.25, -0.2) is 0 Å². The minimum absolute atomic E-state index is 0.0645. The number of pyridine rings is 2. The van der Waals surface area contributed by atoms with Crippen molar-refractivity contribution < 1.29 is 38.0 Å². The van der Waals surface area contributed by atoms with E-state index in [2.05, 4.69) is 30.4 Å². The highest BCUT2D eigenvalue weighted by atomic mass is 16.5. The van der Waals surface area contributed by atoms with Gasteiger partial charge in [0, 0.05) is 65.2 Å². The fourth-order valence-electron chi connectivity index (χ4n) is 5.31. The van der Waals surface area contributed by atoms with Crippen molar-refractivity contribution in [2.45, 2.75) is 47.1 Å². The predicted octanol–water partition coefficient (Wildman–Crippen LogP) is 2.54. The van der Waals surface area contributed by atoms with Gasteiger partial charge in [-0.05, 0) is 23.6 Å². The van der Waals surface area contributed by atoms with E-state index < -0.39 is 0 Å². The molecule has 0 bridgehead atoms. The van der Waals surface area contributed by atoms with Crippen molar-refractivity contribution in [2.75, 3.05) is 53.9 Å². The van der Waals surface area contributed by atoms with Crippen LogP contribution in [0.15, 0.2) is 30.3 Å². The molecule has 2 aromatic heterocycles. The standard InChI is InChI=1S/C33H42N6O8/c1-21-24(17-44-30-13-28(42-4)26-15-38(11-9-34-22(2)40)19-46-32(26)36-30)7-6-8-25(21)18-45-31-14-29(43-5)27-16-39(12-10-35-23(3)41)20-47-33(27)37-31/h6-8,13-14H,9-12,15-20H2,1-5H3,(H,34,40)(H,35,41). The Morgan fingerprint density at radius 2 is 1.23 bits per heavy atom. The fourth-order valence-corrected chi connectivity index (χ4v) is 5.31. The molecule has 0 saturated carbocycles. The van der Waals surface area contributed by atoms with E-state index >= 15 is 0 Å². The van der Waals surface area contributed by atoms with Gasteiger partial charge in [0.05, 0.1) is 25.3 Å². The first-order valence-corrected chi connectivity index (χ1v) is 15.4. The van der Waals surface area contributed by atoms with E-state index in [-0.39, 0.29) is 25.0 Å². The average molecular weight is 651 g/mol. The van der Waals surface area contributed by atoms with Gasteiger partial charge in [0.15, 0.2) is 0 Å². The molecule has 0 atom stereocenters. The zero-order valence-electron chi connectivity index (χ0n) is 27.5. The number of ether oxygens (including phenoxy) is 6. The molecule has 2 aliphatic rings. The van der Waals surface area contributed by atoms with E-state index in [0.717, 1.165) is 27.8 Å². The monoisotopic (exact) mass is 650 g/mol. The van der Waals surface area contributed by atoms with Crippen molar-refractivity contribution >= 4 is 11.8 Å². The first-order chi connectivity index (χ1) is 22.7. The Balaban J connectivity index is 1.20. The number of benzene rings is 1. The van der Waals surface area contributed by atoms with Crippen molar-refractivity contribution in [1.82, 2.24) is 30.4 Å². The molecular formula is C33H42N6O8. The van der Waals surface area contributed by atoms with Crippen LogP contribution in [0.5, 0.6) is 35.0 Å². The number of methoxy groups -OCH3 is 2. The summed E-state index contributed by atoms with van der Waals surface area (Å²) in [5.74, 6) is 2.87. The van der Waals surface area contributed by atoms with E-state index in [9.17, 15) is 9.59 Å². The number of nitrogens with zero attached hydrogens (tertiary/aromatic N) is 4. The summed E-state index contributed by atoms with van der Waals surface area (Å²) in [7, 11) is 3.21. The first-order valence-electron chi connectivity index (χ1n) is 15.4. The second-order valence-corrected chi connectivity index (χ2v) is 11.3. The SMILES string of the molecule is COc1cc(OCc2cccc(COc3cc(OC)c4c(n3)OCN(CCNC(C)=O)C4)c2C)nc2c1CN(CCNC(C)=O)CO2. The molecule has 2 amide bonds. The molecular weight excluding hydrogens is 608 g/mol. The Morgan fingerprint density at radius 3 is 1.64 bits per heavy atom. The van der Waals surface area contributed by atoms with Gasteiger partial charge in [-0.1, -0.05) is 18.2 Å². The summed E-state index contributed by atoms with van der Waals surface area (Å²) in [6, 6.07) is 9.50. The molecule has 0 aliphatic carbocycles. The number of aromatic nitrogens is 2. The normalized spacial score (nSPS) is 14.1. The van der Waals surface area contributed by atoms with Gasteiger partial charge >= 0.3 is 0 Å². The highest BCUT2D eigenvalue weighted by molar-refractivity contribution is 5.73. The number of nitrogens with one attached hydrogen (secondary N) is 2. The van der Waals surface area contributed by atoms with E-state index in [1.54, 1.807) is 26.4 Å². The topological polar surface area (TPSA) is 146 Å². The molecule has 0 radical (unpaired) electrons. The zero-order chi connectivity index (χ0) is 33.3. The fraction of sp³-hybridized carbons (Fsp3) is 0.455. The molecule has 1 aromatic carbocycles. The lowest BCUT2D eigenvalue weighted by atomic mass is 10.0. The molecule has 252 valence electrons. The third kappa shape index (κ3) is 8.71. The molecule has 0 fully saturated rings. The van der Waals surface area contributed by atoms with Crippen LogP contribution in [0.25, 0.3) is 0 Å². The Bertz CT molecular complexity index is 1440. The largest absolute Gasteiger partial charge is 0.496 e. The van der Waals surface area contributed by atoms with Gasteiger partial charge in [-0.15, -0.1) is 0 Å². The van der Waals surface area contributed by atoms with Crippen LogP contribution in [0.1, 0.15) is 41.7 Å². The van der Waals surface area contributed by atoms with Gasteiger partial charge in [0.2, 0.25) is 35.3 Å². The molecule has 3 aromatic rings. The van der Waals surface area contributed by atoms with Crippen LogP contribution in [0, 0.1) is 6.92 Å². The molecule has 0 unspecified atom stereocenters. The van der Waals surface area contributed by atoms with Gasteiger partial charge < -0.3 is 39.1 Å². The van der Waals surface area contributed by atoms with Crippen molar-refractivity contribution in [3.63, 3.8) is 0 Å². The Morgan fingerprint density at radius 1 is 0.787 bits per heavy atom. The van der Waals surface area contributed by atoms with Crippen LogP contribution in [-0.4, -0.2) is 85.4 Å². The molecule has 0 spiro atoms. The van der Waals surface area contributed by atoms with Gasteiger partial charge in [0.1, 0.15) is 38.2 Å². The lowest BCUT2D eigenvalue weighted by Crippen LogP contribution is -2.38. The first kappa shape index (κ1) is 33.5. The van der Waals surface area contributed by atoms with Gasteiger partial charge in [-0.3, -0.25) is 19.4 Å². The van der Waals surface area contributed by atoms with E-state index in [1.165, 1.54) is 13.8 Å². The van der Waals surface area contributed by atoms with Crippen LogP contribution in [0.2, 0.25) is 0 Å². The average Bonchev–Trinajstić information content (AvgIpc) is 3.06. The molecule has 14 nitrogen and oxygen atoms in total. The quantitative estimate of drug-likeness (QED) is 0.264. The number of fused-ring (bicyclic) bond motifs is 2. The van der Waals surface area contributed by atoms with Crippen molar-refractivity contribution in [3.05, 3.63) is 58.1 Å². The Kier molecular flexibility index (Phi) is 11.2. The number of carbonyl (C=O) groups excluding carboxylic acids is 2. The minimum Gasteiger partial charge on any atom is -0.496 e. The summed E-state index contributed by atoms with van der Waals surface area (Å²) in [4.78, 5) is 35.7. The van der Waals surface area contributed by atoms with Gasteiger partial charge in [-0.2, -0.15) is 9.97 Å². The highest BCUT2D eigenvalue weighted by Crippen LogP contribution is 2.36. The third-order valence-corrected chi connectivity index (χ3v) is 7.93. The van der Waals surface area contributed by atoms with Crippen LogP contribution < -0.4 is 39.1 Å². The minimum atomic E-state index is -0.0645. The van der Waals surface area contributed by atoms with Crippen molar-refractivity contribution in [1.29, 1.82) is 0 Å². The summed E-state index contributed by atoms with van der Waals surface area (Å²) in [5.41, 5.74) is 4.66. The molecule has 4 heterocycles. The second kappa shape index (κ2) is 15.6. The maximum absolute atomic E-state index is 11.2.